The third kappa shape index (κ3) is 30.0. The molecule has 0 aliphatic heterocycles. The van der Waals surface area contributed by atoms with Crippen LogP contribution in [0.3, 0.4) is 0 Å². The molecule has 0 unspecified atom stereocenters. The van der Waals surface area contributed by atoms with Crippen molar-refractivity contribution in [1.82, 2.24) is 4.90 Å². The summed E-state index contributed by atoms with van der Waals surface area (Å²) in [6.07, 6.45) is 41.5. The highest BCUT2D eigenvalue weighted by Gasteiger charge is 2.41. The Hall–Kier alpha value is -1.14. The first-order valence-electron chi connectivity index (χ1n) is 24.9. The van der Waals surface area contributed by atoms with Gasteiger partial charge in [-0.3, -0.25) is 9.59 Å². The molecule has 1 N–H and O–H groups in total. The molecule has 0 aromatic rings. The van der Waals surface area contributed by atoms with Crippen molar-refractivity contribution in [3.63, 3.8) is 0 Å². The van der Waals surface area contributed by atoms with Crippen LogP contribution in [0.25, 0.3) is 0 Å². The number of nitrogens with zero attached hydrogens (tertiary/aromatic N) is 1. The number of carbonyl (C=O) groups excluding carboxylic acids is 2. The number of unbranched alkanes of at least 4 members (excludes halogenated alkanes) is 20. The van der Waals surface area contributed by atoms with Crippen molar-refractivity contribution < 1.29 is 24.2 Å². The van der Waals surface area contributed by atoms with E-state index in [1.165, 1.54) is 148 Å². The predicted octanol–water partition coefficient (Wildman–Crippen LogP) is 14.5. The van der Waals surface area contributed by atoms with Gasteiger partial charge < -0.3 is 19.5 Å². The fraction of sp³-hybridized carbons (Fsp3) is 0.960. The lowest BCUT2D eigenvalue weighted by Gasteiger charge is -2.24. The van der Waals surface area contributed by atoms with Crippen LogP contribution in [0.5, 0.6) is 0 Å². The second-order valence-electron chi connectivity index (χ2n) is 18.8. The van der Waals surface area contributed by atoms with E-state index in [2.05, 4.69) is 25.7 Å². The zero-order chi connectivity index (χ0) is 41.0. The van der Waals surface area contributed by atoms with Crippen LogP contribution >= 0.6 is 0 Å². The Morgan fingerprint density at radius 3 is 1.61 bits per heavy atom. The van der Waals surface area contributed by atoms with E-state index in [-0.39, 0.29) is 24.6 Å². The van der Waals surface area contributed by atoms with Gasteiger partial charge in [0.05, 0.1) is 12.0 Å². The number of hydrogen-bond acceptors (Lipinski definition) is 6. The predicted molar refractivity (Wildman–Crippen MR) is 239 cm³/mol. The topological polar surface area (TPSA) is 76.1 Å². The summed E-state index contributed by atoms with van der Waals surface area (Å²) in [6, 6.07) is 0. The molecule has 6 heteroatoms. The molecule has 0 saturated heterocycles. The van der Waals surface area contributed by atoms with E-state index in [9.17, 15) is 14.7 Å². The molecule has 0 heterocycles. The Morgan fingerprint density at radius 2 is 1.05 bits per heavy atom. The van der Waals surface area contributed by atoms with Crippen molar-refractivity contribution in [2.75, 3.05) is 32.8 Å². The van der Waals surface area contributed by atoms with Crippen LogP contribution in [0.15, 0.2) is 0 Å². The van der Waals surface area contributed by atoms with Gasteiger partial charge in [-0.05, 0) is 135 Å². The smallest absolute Gasteiger partial charge is 0.311 e. The Morgan fingerprint density at radius 1 is 0.589 bits per heavy atom. The summed E-state index contributed by atoms with van der Waals surface area (Å²) in [5.41, 5.74) is 0.0507. The highest BCUT2D eigenvalue weighted by atomic mass is 16.5. The first kappa shape index (κ1) is 52.9. The molecule has 56 heavy (non-hydrogen) atoms. The van der Waals surface area contributed by atoms with Gasteiger partial charge in [-0.15, -0.1) is 0 Å². The van der Waals surface area contributed by atoms with Gasteiger partial charge in [0, 0.05) is 13.0 Å². The van der Waals surface area contributed by atoms with Crippen molar-refractivity contribution in [3.8, 4) is 0 Å². The van der Waals surface area contributed by atoms with Crippen LogP contribution in [-0.4, -0.2) is 60.9 Å². The van der Waals surface area contributed by atoms with Gasteiger partial charge in [0.15, 0.2) is 0 Å². The molecule has 332 valence electrons. The molecule has 1 aliphatic carbocycles. The summed E-state index contributed by atoms with van der Waals surface area (Å²) in [5, 5.41) is 9.39. The number of aliphatic hydroxyl groups excluding tert-OH is 1. The highest BCUT2D eigenvalue weighted by molar-refractivity contribution is 5.75. The second-order valence-corrected chi connectivity index (χ2v) is 18.8. The van der Waals surface area contributed by atoms with Gasteiger partial charge in [-0.1, -0.05) is 143 Å². The normalized spacial score (nSPS) is 13.9. The van der Waals surface area contributed by atoms with Crippen LogP contribution in [0.1, 0.15) is 259 Å². The minimum atomic E-state index is -0.403. The molecule has 0 bridgehead atoms. The Kier molecular flexibility index (Phi) is 33.8. The maximum atomic E-state index is 13.0. The van der Waals surface area contributed by atoms with Crippen LogP contribution in [0.2, 0.25) is 0 Å². The largest absolute Gasteiger partial charge is 0.465 e. The maximum absolute atomic E-state index is 13.0. The summed E-state index contributed by atoms with van der Waals surface area (Å²) in [4.78, 5) is 28.4. The van der Waals surface area contributed by atoms with Crippen molar-refractivity contribution in [2.45, 2.75) is 265 Å². The molecule has 0 aromatic carbocycles. The van der Waals surface area contributed by atoms with Gasteiger partial charge in [-0.25, -0.2) is 0 Å². The molecular weight excluding hydrogens is 695 g/mol. The molecule has 0 radical (unpaired) electrons. The molecule has 0 atom stereocenters. The molecule has 0 spiro atoms. The third-order valence-electron chi connectivity index (χ3n) is 12.7. The molecule has 1 aliphatic rings. The highest BCUT2D eigenvalue weighted by Crippen LogP contribution is 2.53. The Labute approximate surface area is 349 Å². The molecule has 1 rings (SSSR count). The monoisotopic (exact) mass is 792 g/mol. The number of hydrogen-bond donors (Lipinski definition) is 1. The van der Waals surface area contributed by atoms with Crippen molar-refractivity contribution in [1.29, 1.82) is 0 Å². The summed E-state index contributed by atoms with van der Waals surface area (Å²) in [7, 11) is 0. The van der Waals surface area contributed by atoms with Crippen LogP contribution in [-0.2, 0) is 19.1 Å². The average Bonchev–Trinajstić information content (AvgIpc) is 3.95. The van der Waals surface area contributed by atoms with Gasteiger partial charge in [0.2, 0.25) is 0 Å². The summed E-state index contributed by atoms with van der Waals surface area (Å²) in [6.45, 7) is 15.0. The lowest BCUT2D eigenvalue weighted by molar-refractivity contribution is -0.154. The molecule has 1 fully saturated rings. The molecular formula is C50H97NO5. The van der Waals surface area contributed by atoms with Crippen molar-refractivity contribution >= 4 is 11.9 Å². The van der Waals surface area contributed by atoms with Crippen LogP contribution < -0.4 is 0 Å². The third-order valence-corrected chi connectivity index (χ3v) is 12.7. The minimum Gasteiger partial charge on any atom is -0.465 e. The van der Waals surface area contributed by atoms with E-state index in [0.717, 1.165) is 90.3 Å². The van der Waals surface area contributed by atoms with E-state index < -0.39 is 5.41 Å². The molecule has 0 amide bonds. The fourth-order valence-corrected chi connectivity index (χ4v) is 8.46. The lowest BCUT2D eigenvalue weighted by atomic mass is 9.87. The van der Waals surface area contributed by atoms with Gasteiger partial charge in [0.1, 0.15) is 6.10 Å². The summed E-state index contributed by atoms with van der Waals surface area (Å²) in [5.74, 6) is 0.0123. The Balaban J connectivity index is 2.34. The number of aliphatic hydroxyl groups is 1. The number of carbonyl (C=O) groups is 2. The van der Waals surface area contributed by atoms with E-state index in [1.54, 1.807) is 0 Å². The zero-order valence-electron chi connectivity index (χ0n) is 38.4. The van der Waals surface area contributed by atoms with Crippen molar-refractivity contribution in [2.24, 2.45) is 10.8 Å². The molecule has 0 aromatic heterocycles. The van der Waals surface area contributed by atoms with Crippen LogP contribution in [0.4, 0.5) is 0 Å². The lowest BCUT2D eigenvalue weighted by Crippen LogP contribution is -2.28. The fourth-order valence-electron chi connectivity index (χ4n) is 8.46. The van der Waals surface area contributed by atoms with Crippen molar-refractivity contribution in [3.05, 3.63) is 0 Å². The first-order chi connectivity index (χ1) is 27.2. The zero-order valence-corrected chi connectivity index (χ0v) is 38.4. The van der Waals surface area contributed by atoms with Crippen LogP contribution in [0, 0.1) is 10.8 Å². The van der Waals surface area contributed by atoms with Gasteiger partial charge in [0.25, 0.3) is 0 Å². The van der Waals surface area contributed by atoms with Gasteiger partial charge >= 0.3 is 11.9 Å². The number of rotatable bonds is 43. The van der Waals surface area contributed by atoms with E-state index in [1.807, 2.05) is 13.8 Å². The first-order valence-corrected chi connectivity index (χ1v) is 24.9. The van der Waals surface area contributed by atoms with E-state index >= 15 is 0 Å². The van der Waals surface area contributed by atoms with Gasteiger partial charge in [-0.2, -0.15) is 0 Å². The number of ether oxygens (including phenoxy) is 2. The Bertz CT molecular complexity index is 886. The second kappa shape index (κ2) is 35.8. The SMILES string of the molecule is CCCCCCCCCOC(=O)C(C)(C)CCCCCCN(CCCCO)CCCC1(CCCC(=O)OC(CCCCCCCC)CCCCCCCC)CC1. The average molecular weight is 792 g/mol. The minimum absolute atomic E-state index is 0.0295. The van der Waals surface area contributed by atoms with E-state index in [4.69, 9.17) is 9.47 Å². The maximum Gasteiger partial charge on any atom is 0.311 e. The summed E-state index contributed by atoms with van der Waals surface area (Å²) >= 11 is 0. The standard InChI is InChI=1S/C50H97NO5/c1-6-9-12-15-18-23-30-45-55-48(54)49(4,5)36-26-21-22-27-41-51(42-28-29-44-52)43-32-38-50(39-40-50)37-31-35-47(53)56-46(33-24-19-16-13-10-7-2)34-25-20-17-14-11-8-3/h46,52H,6-45H2,1-5H3. The van der Waals surface area contributed by atoms with E-state index in [0.29, 0.717) is 18.4 Å². The molecule has 6 nitrogen and oxygen atoms in total. The quantitative estimate of drug-likeness (QED) is 0.0490. The summed E-state index contributed by atoms with van der Waals surface area (Å²) < 4.78 is 11.8. The number of esters is 2. The molecule has 1 saturated carbocycles.